The molecule has 92 valence electrons. The van der Waals surface area contributed by atoms with Gasteiger partial charge in [-0.25, -0.2) is 4.79 Å². The second-order valence-electron chi connectivity index (χ2n) is 4.33. The van der Waals surface area contributed by atoms with Crippen molar-refractivity contribution >= 4 is 27.0 Å². The van der Waals surface area contributed by atoms with Gasteiger partial charge in [-0.3, -0.25) is 0 Å². The Bertz CT molecular complexity index is 588. The number of hydrogen-bond acceptors (Lipinski definition) is 2. The van der Waals surface area contributed by atoms with Gasteiger partial charge in [-0.05, 0) is 23.6 Å². The molecule has 2 atom stereocenters. The first-order valence-corrected chi connectivity index (χ1v) is 6.41. The predicted molar refractivity (Wildman–Crippen MR) is 71.0 cm³/mol. The minimum Gasteiger partial charge on any atom is -0.388 e. The van der Waals surface area contributed by atoms with Crippen LogP contribution in [0.25, 0.3) is 11.0 Å². The van der Waals surface area contributed by atoms with E-state index in [1.54, 1.807) is 0 Å². The molecule has 0 amide bonds. The second-order valence-corrected chi connectivity index (χ2v) is 5.18. The van der Waals surface area contributed by atoms with Crippen LogP contribution in [-0.4, -0.2) is 15.1 Å². The zero-order chi connectivity index (χ0) is 12.6. The van der Waals surface area contributed by atoms with Crippen LogP contribution in [0, 0.1) is 5.92 Å². The van der Waals surface area contributed by atoms with E-state index in [1.807, 2.05) is 26.0 Å². The molecular weight excluding hydrogens is 284 g/mol. The van der Waals surface area contributed by atoms with Crippen molar-refractivity contribution < 1.29 is 5.11 Å². The summed E-state index contributed by atoms with van der Waals surface area (Å²) in [5.41, 5.74) is 2.03. The molecule has 0 saturated carbocycles. The molecule has 0 aliphatic heterocycles. The van der Waals surface area contributed by atoms with Crippen molar-refractivity contribution in [2.24, 2.45) is 5.92 Å². The molecule has 2 unspecified atom stereocenters. The lowest BCUT2D eigenvalue weighted by molar-refractivity contribution is 0.115. The normalized spacial score (nSPS) is 15.1. The van der Waals surface area contributed by atoms with Gasteiger partial charge in [0.15, 0.2) is 0 Å². The molecule has 17 heavy (non-hydrogen) atoms. The lowest BCUT2D eigenvalue weighted by atomic mass is 9.95. The zero-order valence-electron chi connectivity index (χ0n) is 9.75. The van der Waals surface area contributed by atoms with E-state index in [4.69, 9.17) is 0 Å². The largest absolute Gasteiger partial charge is 0.388 e. The van der Waals surface area contributed by atoms with Crippen LogP contribution in [0.1, 0.15) is 31.9 Å². The number of aliphatic hydroxyl groups excluding tert-OH is 1. The van der Waals surface area contributed by atoms with E-state index in [0.29, 0.717) is 0 Å². The van der Waals surface area contributed by atoms with E-state index >= 15 is 0 Å². The van der Waals surface area contributed by atoms with Gasteiger partial charge in [0.05, 0.1) is 17.1 Å². The van der Waals surface area contributed by atoms with Crippen LogP contribution in [0.5, 0.6) is 0 Å². The summed E-state index contributed by atoms with van der Waals surface area (Å²) < 4.78 is 0.813. The third-order valence-corrected chi connectivity index (χ3v) is 3.82. The van der Waals surface area contributed by atoms with Crippen molar-refractivity contribution in [1.82, 2.24) is 9.97 Å². The summed E-state index contributed by atoms with van der Waals surface area (Å²) in [6.07, 6.45) is 0.368. The van der Waals surface area contributed by atoms with E-state index in [0.717, 1.165) is 27.5 Å². The number of H-pyrrole nitrogens is 2. The highest BCUT2D eigenvalue weighted by atomic mass is 79.9. The van der Waals surface area contributed by atoms with Crippen molar-refractivity contribution in [2.75, 3.05) is 0 Å². The van der Waals surface area contributed by atoms with Crippen molar-refractivity contribution in [1.29, 1.82) is 0 Å². The Kier molecular flexibility index (Phi) is 3.40. The molecule has 3 N–H and O–H groups in total. The number of fused-ring (bicyclic) bond motifs is 1. The summed E-state index contributed by atoms with van der Waals surface area (Å²) in [6.45, 7) is 4.04. The predicted octanol–water partition coefficient (Wildman–Crippen LogP) is 2.70. The summed E-state index contributed by atoms with van der Waals surface area (Å²) >= 11 is 3.43. The average molecular weight is 299 g/mol. The highest BCUT2D eigenvalue weighted by Crippen LogP contribution is 2.32. The zero-order valence-corrected chi connectivity index (χ0v) is 11.3. The smallest absolute Gasteiger partial charge is 0.323 e. The van der Waals surface area contributed by atoms with Gasteiger partial charge in [0, 0.05) is 4.47 Å². The first kappa shape index (κ1) is 12.4. The maximum absolute atomic E-state index is 11.2. The van der Waals surface area contributed by atoms with Crippen LogP contribution >= 0.6 is 15.9 Å². The quantitative estimate of drug-likeness (QED) is 0.815. The minimum atomic E-state index is -0.530. The number of hydrogen-bond donors (Lipinski definition) is 3. The summed E-state index contributed by atoms with van der Waals surface area (Å²) in [6, 6.07) is 3.63. The number of aromatic amines is 2. The number of halogens is 1. The van der Waals surface area contributed by atoms with Crippen LogP contribution < -0.4 is 5.69 Å². The molecule has 0 aliphatic rings. The van der Waals surface area contributed by atoms with Crippen LogP contribution in [0.4, 0.5) is 0 Å². The van der Waals surface area contributed by atoms with E-state index < -0.39 is 6.10 Å². The molecular formula is C12H15BrN2O2. The fourth-order valence-electron chi connectivity index (χ4n) is 1.83. The van der Waals surface area contributed by atoms with Gasteiger partial charge in [-0.15, -0.1) is 0 Å². The fourth-order valence-corrected chi connectivity index (χ4v) is 2.41. The number of aliphatic hydroxyl groups is 1. The van der Waals surface area contributed by atoms with E-state index in [1.165, 1.54) is 0 Å². The van der Waals surface area contributed by atoms with Crippen molar-refractivity contribution in [3.8, 4) is 0 Å². The maximum Gasteiger partial charge on any atom is 0.323 e. The van der Waals surface area contributed by atoms with Gasteiger partial charge >= 0.3 is 5.69 Å². The van der Waals surface area contributed by atoms with Crippen molar-refractivity contribution in [3.63, 3.8) is 0 Å². The average Bonchev–Trinajstić information content (AvgIpc) is 2.65. The van der Waals surface area contributed by atoms with Gasteiger partial charge in [-0.2, -0.15) is 0 Å². The molecule has 0 radical (unpaired) electrons. The first-order valence-electron chi connectivity index (χ1n) is 5.62. The third kappa shape index (κ3) is 2.30. The topological polar surface area (TPSA) is 68.9 Å². The second kappa shape index (κ2) is 4.66. The summed E-state index contributed by atoms with van der Waals surface area (Å²) in [5.74, 6) is 0.175. The molecule has 2 rings (SSSR count). The molecule has 0 bridgehead atoms. The third-order valence-electron chi connectivity index (χ3n) is 3.13. The standard InChI is InChI=1S/C12H15BrN2O2/c1-3-6(2)11(16)7-4-9-10(5-8(7)13)15-12(17)14-9/h4-6,11,16H,3H2,1-2H3,(H2,14,15,17). The van der Waals surface area contributed by atoms with Gasteiger partial charge < -0.3 is 15.1 Å². The van der Waals surface area contributed by atoms with Gasteiger partial charge in [0.1, 0.15) is 0 Å². The monoisotopic (exact) mass is 298 g/mol. The Morgan fingerprint density at radius 2 is 1.94 bits per heavy atom. The fraction of sp³-hybridized carbons (Fsp3) is 0.417. The molecule has 0 spiro atoms. The molecule has 0 aliphatic carbocycles. The first-order chi connectivity index (χ1) is 8.02. The Balaban J connectivity index is 2.53. The highest BCUT2D eigenvalue weighted by molar-refractivity contribution is 9.10. The Labute approximate surface area is 107 Å². The van der Waals surface area contributed by atoms with Gasteiger partial charge in [0.2, 0.25) is 0 Å². The number of aromatic nitrogens is 2. The number of benzene rings is 1. The van der Waals surface area contributed by atoms with E-state index in [2.05, 4.69) is 25.9 Å². The summed E-state index contributed by atoms with van der Waals surface area (Å²) in [7, 11) is 0. The highest BCUT2D eigenvalue weighted by Gasteiger charge is 2.18. The maximum atomic E-state index is 11.2. The molecule has 2 aromatic rings. The number of imidazole rings is 1. The SMILES string of the molecule is CCC(C)C(O)c1cc2[nH]c(=O)[nH]c2cc1Br. The minimum absolute atomic E-state index is 0.175. The van der Waals surface area contributed by atoms with Crippen LogP contribution in [0.3, 0.4) is 0 Å². The Morgan fingerprint density at radius 3 is 2.53 bits per heavy atom. The van der Waals surface area contributed by atoms with Crippen LogP contribution in [-0.2, 0) is 0 Å². The molecule has 0 saturated heterocycles. The van der Waals surface area contributed by atoms with Crippen molar-refractivity contribution in [3.05, 3.63) is 32.7 Å². The molecule has 1 heterocycles. The van der Waals surface area contributed by atoms with E-state index in [-0.39, 0.29) is 11.6 Å². The van der Waals surface area contributed by atoms with E-state index in [9.17, 15) is 9.90 Å². The number of nitrogens with one attached hydrogen (secondary N) is 2. The summed E-state index contributed by atoms with van der Waals surface area (Å²) in [5, 5.41) is 10.2. The lowest BCUT2D eigenvalue weighted by Crippen LogP contribution is -2.08. The van der Waals surface area contributed by atoms with Gasteiger partial charge in [-0.1, -0.05) is 36.2 Å². The molecule has 5 heteroatoms. The van der Waals surface area contributed by atoms with Gasteiger partial charge in [0.25, 0.3) is 0 Å². The molecule has 0 fully saturated rings. The Hall–Kier alpha value is -1.07. The number of rotatable bonds is 3. The summed E-state index contributed by atoms with van der Waals surface area (Å²) in [4.78, 5) is 16.6. The molecule has 1 aromatic heterocycles. The Morgan fingerprint density at radius 1 is 1.35 bits per heavy atom. The van der Waals surface area contributed by atoms with Crippen molar-refractivity contribution in [2.45, 2.75) is 26.4 Å². The van der Waals surface area contributed by atoms with Crippen LogP contribution in [0.15, 0.2) is 21.4 Å². The lowest BCUT2D eigenvalue weighted by Gasteiger charge is -2.18. The van der Waals surface area contributed by atoms with Crippen LogP contribution in [0.2, 0.25) is 0 Å². The molecule has 1 aromatic carbocycles. The molecule has 4 nitrogen and oxygen atoms in total.